The number of benzene rings is 1. The van der Waals surface area contributed by atoms with Crippen LogP contribution in [0.5, 0.6) is 0 Å². The summed E-state index contributed by atoms with van der Waals surface area (Å²) in [4.78, 5) is 26.3. The molecule has 5 nitrogen and oxygen atoms in total. The van der Waals surface area contributed by atoms with Crippen LogP contribution in [-0.2, 0) is 20.7 Å². The lowest BCUT2D eigenvalue weighted by Gasteiger charge is -2.31. The van der Waals surface area contributed by atoms with E-state index in [0.29, 0.717) is 25.9 Å². The van der Waals surface area contributed by atoms with E-state index in [9.17, 15) is 9.59 Å². The average molecular weight is 344 g/mol. The second-order valence-electron chi connectivity index (χ2n) is 7.51. The lowest BCUT2D eigenvalue weighted by atomic mass is 9.84. The van der Waals surface area contributed by atoms with E-state index in [-0.39, 0.29) is 23.4 Å². The molecule has 0 radical (unpaired) electrons. The quantitative estimate of drug-likeness (QED) is 0.861. The lowest BCUT2D eigenvalue weighted by molar-refractivity contribution is -0.132. The van der Waals surface area contributed by atoms with Crippen molar-refractivity contribution in [3.8, 4) is 0 Å². The van der Waals surface area contributed by atoms with Crippen LogP contribution in [0.1, 0.15) is 43.2 Å². The molecule has 2 aliphatic heterocycles. The van der Waals surface area contributed by atoms with Crippen molar-refractivity contribution in [2.75, 3.05) is 20.3 Å². The maximum atomic E-state index is 12.6. The summed E-state index contributed by atoms with van der Waals surface area (Å²) < 4.78 is 5.38. The number of carbonyl (C=O) groups is 2. The molecule has 136 valence electrons. The minimum atomic E-state index is -0.297. The molecule has 2 aliphatic rings. The number of hydrogen-bond acceptors (Lipinski definition) is 3. The molecule has 0 spiro atoms. The second kappa shape index (κ2) is 7.56. The summed E-state index contributed by atoms with van der Waals surface area (Å²) in [6.45, 7) is 3.43. The number of ether oxygens (including phenoxy) is 1. The van der Waals surface area contributed by atoms with Crippen LogP contribution in [0.15, 0.2) is 24.3 Å². The van der Waals surface area contributed by atoms with Crippen LogP contribution in [0.2, 0.25) is 0 Å². The van der Waals surface area contributed by atoms with Gasteiger partial charge in [-0.15, -0.1) is 0 Å². The molecule has 2 heterocycles. The molecule has 1 N–H and O–H groups in total. The van der Waals surface area contributed by atoms with Gasteiger partial charge in [-0.25, -0.2) is 0 Å². The van der Waals surface area contributed by atoms with Gasteiger partial charge in [0.15, 0.2) is 0 Å². The molecule has 2 fully saturated rings. The number of carbonyl (C=O) groups excluding carboxylic acids is 2. The van der Waals surface area contributed by atoms with Gasteiger partial charge in [0.25, 0.3) is 0 Å². The number of hydrogen-bond donors (Lipinski definition) is 1. The average Bonchev–Trinajstić information content (AvgIpc) is 3.25. The van der Waals surface area contributed by atoms with Crippen LogP contribution in [0.3, 0.4) is 0 Å². The Morgan fingerprint density at radius 2 is 2.12 bits per heavy atom. The fourth-order valence-corrected chi connectivity index (χ4v) is 3.83. The molecular formula is C20H28N2O3. The van der Waals surface area contributed by atoms with Gasteiger partial charge in [-0.05, 0) is 38.2 Å². The molecule has 3 rings (SSSR count). The third kappa shape index (κ3) is 4.40. The number of rotatable bonds is 6. The van der Waals surface area contributed by atoms with E-state index in [1.807, 2.05) is 11.9 Å². The van der Waals surface area contributed by atoms with E-state index >= 15 is 0 Å². The first-order valence-corrected chi connectivity index (χ1v) is 9.17. The molecule has 1 aromatic carbocycles. The topological polar surface area (TPSA) is 58.6 Å². The minimum Gasteiger partial charge on any atom is -0.379 e. The van der Waals surface area contributed by atoms with E-state index in [2.05, 4.69) is 36.5 Å². The Balaban J connectivity index is 1.63. The van der Waals surface area contributed by atoms with Gasteiger partial charge in [-0.2, -0.15) is 0 Å². The monoisotopic (exact) mass is 344 g/mol. The Kier molecular flexibility index (Phi) is 5.42. The van der Waals surface area contributed by atoms with Crippen molar-refractivity contribution in [2.45, 2.75) is 57.0 Å². The van der Waals surface area contributed by atoms with E-state index < -0.39 is 0 Å². The molecule has 25 heavy (non-hydrogen) atoms. The van der Waals surface area contributed by atoms with Crippen molar-refractivity contribution in [1.29, 1.82) is 0 Å². The van der Waals surface area contributed by atoms with E-state index in [0.717, 1.165) is 25.9 Å². The third-order valence-corrected chi connectivity index (χ3v) is 5.56. The normalized spacial score (nSPS) is 25.8. The fraction of sp³-hybridized carbons (Fsp3) is 0.600. The highest BCUT2D eigenvalue weighted by atomic mass is 16.5. The third-order valence-electron chi connectivity index (χ3n) is 5.56. The van der Waals surface area contributed by atoms with Gasteiger partial charge < -0.3 is 15.0 Å². The highest BCUT2D eigenvalue weighted by Gasteiger charge is 2.38. The van der Waals surface area contributed by atoms with Crippen LogP contribution >= 0.6 is 0 Å². The van der Waals surface area contributed by atoms with Crippen molar-refractivity contribution >= 4 is 11.8 Å². The van der Waals surface area contributed by atoms with Crippen molar-refractivity contribution in [2.24, 2.45) is 0 Å². The molecule has 2 saturated heterocycles. The van der Waals surface area contributed by atoms with Crippen LogP contribution < -0.4 is 5.32 Å². The van der Waals surface area contributed by atoms with Crippen molar-refractivity contribution < 1.29 is 14.3 Å². The SMILES string of the molecule is Cc1ccc(C[C@@]2(CCC(=O)N(C)[C@@H]3CCOC3)CCC(=O)N2)cc1. The molecule has 0 unspecified atom stereocenters. The number of likely N-dealkylation sites (N-methyl/N-ethyl adjacent to an activating group) is 1. The Hall–Kier alpha value is -1.88. The minimum absolute atomic E-state index is 0.0945. The predicted molar refractivity (Wildman–Crippen MR) is 96.2 cm³/mol. The van der Waals surface area contributed by atoms with E-state index in [1.54, 1.807) is 0 Å². The molecule has 2 amide bonds. The van der Waals surface area contributed by atoms with Gasteiger partial charge in [0.05, 0.1) is 12.6 Å². The van der Waals surface area contributed by atoms with Crippen molar-refractivity contribution in [3.63, 3.8) is 0 Å². The largest absolute Gasteiger partial charge is 0.379 e. The molecule has 5 heteroatoms. The van der Waals surface area contributed by atoms with Crippen LogP contribution in [0.4, 0.5) is 0 Å². The lowest BCUT2D eigenvalue weighted by Crippen LogP contribution is -2.45. The standard InChI is InChI=1S/C20H28N2O3/c1-15-3-5-16(6-4-15)13-20(10-7-18(23)21-20)11-8-19(24)22(2)17-9-12-25-14-17/h3-6,17H,7-14H2,1-2H3,(H,21,23)/t17-,20+/m1/s1. The molecule has 2 atom stereocenters. The predicted octanol–water partition coefficient (Wildman–Crippen LogP) is 2.21. The molecule has 0 aliphatic carbocycles. The Morgan fingerprint density at radius 3 is 2.72 bits per heavy atom. The zero-order valence-corrected chi connectivity index (χ0v) is 15.2. The summed E-state index contributed by atoms with van der Waals surface area (Å²) in [7, 11) is 1.86. The molecule has 0 aromatic heterocycles. The number of amides is 2. The summed E-state index contributed by atoms with van der Waals surface area (Å²) >= 11 is 0. The van der Waals surface area contributed by atoms with E-state index in [1.165, 1.54) is 11.1 Å². The smallest absolute Gasteiger partial charge is 0.222 e. The summed E-state index contributed by atoms with van der Waals surface area (Å²) in [5.74, 6) is 0.233. The number of nitrogens with zero attached hydrogens (tertiary/aromatic N) is 1. The van der Waals surface area contributed by atoms with Crippen LogP contribution in [0, 0.1) is 6.92 Å². The number of aryl methyl sites for hydroxylation is 1. The highest BCUT2D eigenvalue weighted by molar-refractivity contribution is 5.80. The van der Waals surface area contributed by atoms with Crippen molar-refractivity contribution in [3.05, 3.63) is 35.4 Å². The maximum Gasteiger partial charge on any atom is 0.222 e. The summed E-state index contributed by atoms with van der Waals surface area (Å²) in [6.07, 6.45) is 4.17. The molecule has 1 aromatic rings. The zero-order chi connectivity index (χ0) is 17.9. The maximum absolute atomic E-state index is 12.6. The van der Waals surface area contributed by atoms with Gasteiger partial charge in [0, 0.05) is 32.0 Å². The van der Waals surface area contributed by atoms with Gasteiger partial charge in [0.1, 0.15) is 0 Å². The Labute approximate surface area is 149 Å². The first-order valence-electron chi connectivity index (χ1n) is 9.17. The van der Waals surface area contributed by atoms with E-state index in [4.69, 9.17) is 4.74 Å². The molecular weight excluding hydrogens is 316 g/mol. The van der Waals surface area contributed by atoms with Gasteiger partial charge in [0.2, 0.25) is 11.8 Å². The highest BCUT2D eigenvalue weighted by Crippen LogP contribution is 2.30. The van der Waals surface area contributed by atoms with Crippen LogP contribution in [-0.4, -0.2) is 48.6 Å². The first kappa shape index (κ1) is 17.9. The molecule has 0 saturated carbocycles. The zero-order valence-electron chi connectivity index (χ0n) is 15.2. The van der Waals surface area contributed by atoms with Crippen molar-refractivity contribution in [1.82, 2.24) is 10.2 Å². The van der Waals surface area contributed by atoms with Gasteiger partial charge in [-0.1, -0.05) is 29.8 Å². The van der Waals surface area contributed by atoms with Crippen LogP contribution in [0.25, 0.3) is 0 Å². The first-order chi connectivity index (χ1) is 12.0. The summed E-state index contributed by atoms with van der Waals surface area (Å²) in [5, 5.41) is 3.16. The Morgan fingerprint density at radius 1 is 1.36 bits per heavy atom. The summed E-state index contributed by atoms with van der Waals surface area (Å²) in [5.41, 5.74) is 2.14. The number of nitrogens with one attached hydrogen (secondary N) is 1. The fourth-order valence-electron chi connectivity index (χ4n) is 3.83. The van der Waals surface area contributed by atoms with Gasteiger partial charge >= 0.3 is 0 Å². The van der Waals surface area contributed by atoms with Gasteiger partial charge in [-0.3, -0.25) is 9.59 Å². The second-order valence-corrected chi connectivity index (χ2v) is 7.51. The Bertz CT molecular complexity index is 622. The summed E-state index contributed by atoms with van der Waals surface area (Å²) in [6, 6.07) is 8.62. The molecule has 0 bridgehead atoms.